The summed E-state index contributed by atoms with van der Waals surface area (Å²) in [5.41, 5.74) is 0.201. The lowest BCUT2D eigenvalue weighted by atomic mass is 9.75. The molecule has 1 aromatic rings. The van der Waals surface area contributed by atoms with Crippen LogP contribution in [-0.4, -0.2) is 37.7 Å². The van der Waals surface area contributed by atoms with Gasteiger partial charge in [-0.3, -0.25) is 4.79 Å². The van der Waals surface area contributed by atoms with Gasteiger partial charge in [0.15, 0.2) is 5.78 Å². The maximum absolute atomic E-state index is 13.2. The Bertz CT molecular complexity index is 949. The smallest absolute Gasteiger partial charge is 0.355 e. The van der Waals surface area contributed by atoms with Crippen molar-refractivity contribution in [2.24, 2.45) is 5.92 Å². The molecule has 1 aromatic carbocycles. The first-order valence-corrected chi connectivity index (χ1v) is 11.7. The van der Waals surface area contributed by atoms with Crippen molar-refractivity contribution in [2.45, 2.75) is 63.1 Å². The van der Waals surface area contributed by atoms with E-state index in [9.17, 15) is 9.59 Å². The Hall–Kier alpha value is -3.02. The Balaban J connectivity index is 1.52. The molecule has 6 heteroatoms. The van der Waals surface area contributed by atoms with E-state index in [2.05, 4.69) is 0 Å². The van der Waals surface area contributed by atoms with Crippen molar-refractivity contribution in [1.82, 2.24) is 0 Å². The van der Waals surface area contributed by atoms with Gasteiger partial charge in [-0.1, -0.05) is 43.2 Å². The van der Waals surface area contributed by atoms with Crippen molar-refractivity contribution in [1.29, 1.82) is 0 Å². The first-order chi connectivity index (χ1) is 16.0. The van der Waals surface area contributed by atoms with Crippen LogP contribution in [0.15, 0.2) is 54.3 Å². The second-order valence-electron chi connectivity index (χ2n) is 8.94. The number of aryl methyl sites for hydroxylation is 1. The molecule has 0 N–H and O–H groups in total. The second kappa shape index (κ2) is 10.3. The van der Waals surface area contributed by atoms with E-state index < -0.39 is 17.7 Å². The highest BCUT2D eigenvalue weighted by Gasteiger charge is 2.52. The molecule has 0 spiro atoms. The van der Waals surface area contributed by atoms with Crippen LogP contribution in [0.2, 0.25) is 0 Å². The molecule has 6 nitrogen and oxygen atoms in total. The second-order valence-corrected chi connectivity index (χ2v) is 8.94. The molecule has 0 aromatic heterocycles. The number of rotatable bonds is 8. The number of carbonyl (C=O) groups is 2. The minimum Gasteiger partial charge on any atom is -0.497 e. The zero-order valence-electron chi connectivity index (χ0n) is 19.4. The monoisotopic (exact) mass is 452 g/mol. The quantitative estimate of drug-likeness (QED) is 0.414. The van der Waals surface area contributed by atoms with Gasteiger partial charge >= 0.3 is 5.97 Å². The summed E-state index contributed by atoms with van der Waals surface area (Å²) in [4.78, 5) is 26.3. The number of ketones is 1. The van der Waals surface area contributed by atoms with Crippen molar-refractivity contribution in [3.8, 4) is 11.5 Å². The number of allylic oxidation sites excluding steroid dienone is 5. The summed E-state index contributed by atoms with van der Waals surface area (Å²) in [7, 11) is 3.25. The topological polar surface area (TPSA) is 71.1 Å². The first-order valence-electron chi connectivity index (χ1n) is 11.7. The molecule has 2 fully saturated rings. The Morgan fingerprint density at radius 3 is 2.61 bits per heavy atom. The fourth-order valence-electron chi connectivity index (χ4n) is 5.15. The molecule has 1 saturated carbocycles. The van der Waals surface area contributed by atoms with E-state index in [0.717, 1.165) is 42.7 Å². The summed E-state index contributed by atoms with van der Waals surface area (Å²) in [6.45, 7) is 0. The minimum atomic E-state index is -1.19. The van der Waals surface area contributed by atoms with Gasteiger partial charge in [-0.2, -0.15) is 0 Å². The van der Waals surface area contributed by atoms with Crippen LogP contribution in [0.5, 0.6) is 11.5 Å². The molecule has 1 saturated heterocycles. The van der Waals surface area contributed by atoms with Crippen LogP contribution in [0.1, 0.15) is 50.5 Å². The van der Waals surface area contributed by atoms with Crippen LogP contribution < -0.4 is 9.47 Å². The van der Waals surface area contributed by atoms with Crippen LogP contribution in [-0.2, 0) is 25.5 Å². The van der Waals surface area contributed by atoms with Gasteiger partial charge in [0, 0.05) is 12.5 Å². The number of hydrogen-bond donors (Lipinski definition) is 0. The summed E-state index contributed by atoms with van der Waals surface area (Å²) >= 11 is 0. The third-order valence-electron chi connectivity index (χ3n) is 6.92. The highest BCUT2D eigenvalue weighted by Crippen LogP contribution is 2.45. The van der Waals surface area contributed by atoms with E-state index in [4.69, 9.17) is 18.9 Å². The number of hydrogen-bond acceptors (Lipinski definition) is 6. The van der Waals surface area contributed by atoms with Gasteiger partial charge in [0.2, 0.25) is 0 Å². The van der Waals surface area contributed by atoms with Crippen molar-refractivity contribution in [2.75, 3.05) is 14.2 Å². The molecule has 3 aliphatic rings. The molecule has 0 radical (unpaired) electrons. The highest BCUT2D eigenvalue weighted by molar-refractivity contribution is 6.04. The lowest BCUT2D eigenvalue weighted by molar-refractivity contribution is -0.193. The Morgan fingerprint density at radius 1 is 1.06 bits per heavy atom. The van der Waals surface area contributed by atoms with Gasteiger partial charge in [-0.25, -0.2) is 4.79 Å². The normalized spacial score (nSPS) is 25.4. The zero-order chi connectivity index (χ0) is 23.3. The largest absolute Gasteiger partial charge is 0.497 e. The SMILES string of the molecule is COc1ccc(CCC2(C3CCCC3)CC(=O)C(OC3=CC=CC=CC3)C(=O)O2)c(OC)c1. The third kappa shape index (κ3) is 5.15. The molecule has 2 aliphatic carbocycles. The van der Waals surface area contributed by atoms with E-state index in [-0.39, 0.29) is 18.1 Å². The van der Waals surface area contributed by atoms with Crippen LogP contribution in [0, 0.1) is 5.92 Å². The Labute approximate surface area is 195 Å². The first kappa shape index (κ1) is 23.1. The van der Waals surface area contributed by atoms with Crippen molar-refractivity contribution in [3.05, 3.63) is 59.9 Å². The highest BCUT2D eigenvalue weighted by atomic mass is 16.6. The molecular formula is C27H32O6. The number of esters is 1. The van der Waals surface area contributed by atoms with Crippen molar-refractivity contribution in [3.63, 3.8) is 0 Å². The maximum atomic E-state index is 13.2. The van der Waals surface area contributed by atoms with E-state index in [1.807, 2.05) is 42.5 Å². The average molecular weight is 453 g/mol. The molecule has 1 heterocycles. The van der Waals surface area contributed by atoms with Gasteiger partial charge in [0.1, 0.15) is 22.9 Å². The number of methoxy groups -OCH3 is 2. The molecule has 0 amide bonds. The molecule has 176 valence electrons. The predicted octanol–water partition coefficient (Wildman–Crippen LogP) is 4.87. The lowest BCUT2D eigenvalue weighted by Crippen LogP contribution is -2.54. The number of cyclic esters (lactones) is 1. The Kier molecular flexibility index (Phi) is 7.21. The maximum Gasteiger partial charge on any atom is 0.355 e. The average Bonchev–Trinajstić information content (AvgIpc) is 3.25. The van der Waals surface area contributed by atoms with E-state index >= 15 is 0 Å². The lowest BCUT2D eigenvalue weighted by Gasteiger charge is -2.43. The van der Waals surface area contributed by atoms with Gasteiger partial charge in [0.25, 0.3) is 6.10 Å². The molecule has 1 aliphatic heterocycles. The molecule has 2 atom stereocenters. The van der Waals surface area contributed by atoms with Crippen LogP contribution in [0.25, 0.3) is 0 Å². The molecule has 33 heavy (non-hydrogen) atoms. The number of carbonyl (C=O) groups excluding carboxylic acids is 2. The minimum absolute atomic E-state index is 0.179. The summed E-state index contributed by atoms with van der Waals surface area (Å²) in [6, 6.07) is 5.71. The Morgan fingerprint density at radius 2 is 1.88 bits per heavy atom. The van der Waals surface area contributed by atoms with Crippen molar-refractivity contribution < 1.29 is 28.5 Å². The van der Waals surface area contributed by atoms with Gasteiger partial charge in [0.05, 0.1) is 20.6 Å². The van der Waals surface area contributed by atoms with E-state index in [1.165, 1.54) is 0 Å². The zero-order valence-corrected chi connectivity index (χ0v) is 19.4. The van der Waals surface area contributed by atoms with E-state index in [1.54, 1.807) is 20.3 Å². The van der Waals surface area contributed by atoms with Crippen molar-refractivity contribution >= 4 is 11.8 Å². The van der Waals surface area contributed by atoms with Gasteiger partial charge in [-0.05, 0) is 49.3 Å². The number of Topliss-reactive ketones (excluding diaryl/α,β-unsaturated/α-hetero) is 1. The molecular weight excluding hydrogens is 420 g/mol. The standard InChI is InChI=1S/C27H32O6/c1-30-22-14-13-19(24(17-22)31-2)15-16-27(20-9-7-8-10-20)18-23(28)25(26(29)33-27)32-21-11-5-3-4-6-12-21/h3-6,11,13-14,17,20,25H,7-10,12,15-16,18H2,1-2H3. The van der Waals surface area contributed by atoms with E-state index in [0.29, 0.717) is 25.0 Å². The summed E-state index contributed by atoms with van der Waals surface area (Å²) < 4.78 is 22.8. The number of ether oxygens (including phenoxy) is 4. The molecule has 4 rings (SSSR count). The fraction of sp³-hybridized carbons (Fsp3) is 0.481. The van der Waals surface area contributed by atoms with Crippen LogP contribution in [0.4, 0.5) is 0 Å². The molecule has 0 bridgehead atoms. The summed E-state index contributed by atoms with van der Waals surface area (Å²) in [5.74, 6) is 1.45. The third-order valence-corrected chi connectivity index (χ3v) is 6.92. The van der Waals surface area contributed by atoms with Crippen LogP contribution >= 0.6 is 0 Å². The molecule has 2 unspecified atom stereocenters. The van der Waals surface area contributed by atoms with Crippen LogP contribution in [0.3, 0.4) is 0 Å². The van der Waals surface area contributed by atoms with Gasteiger partial charge in [-0.15, -0.1) is 0 Å². The summed E-state index contributed by atoms with van der Waals surface area (Å²) in [5, 5.41) is 0. The fourth-order valence-corrected chi connectivity index (χ4v) is 5.15. The van der Waals surface area contributed by atoms with Gasteiger partial charge < -0.3 is 18.9 Å². The number of benzene rings is 1. The summed E-state index contributed by atoms with van der Waals surface area (Å²) in [6.07, 6.45) is 14.2. The predicted molar refractivity (Wildman–Crippen MR) is 124 cm³/mol.